The van der Waals surface area contributed by atoms with Crippen LogP contribution in [-0.2, 0) is 14.4 Å². The number of carbonyl (C=O) groups excluding carboxylic acids is 3. The van der Waals surface area contributed by atoms with Crippen LogP contribution in [0.15, 0.2) is 42.5 Å². The number of carbonyl (C=O) groups is 3. The maximum Gasteiger partial charge on any atom is 0.229 e. The SMILES string of the molecule is Cc1ccc(N2C[C@H](C(=O)Nc3ccc(N4CCCC4=O)c(C)c3)CC2=O)cc1. The lowest BCUT2D eigenvalue weighted by Crippen LogP contribution is -2.28. The van der Waals surface area contributed by atoms with Gasteiger partial charge in [0.05, 0.1) is 5.92 Å². The molecule has 3 amide bonds. The Bertz CT molecular complexity index is 968. The van der Waals surface area contributed by atoms with Gasteiger partial charge in [0.2, 0.25) is 17.7 Å². The molecule has 0 unspecified atom stereocenters. The quantitative estimate of drug-likeness (QED) is 0.868. The molecule has 29 heavy (non-hydrogen) atoms. The second-order valence-electron chi connectivity index (χ2n) is 7.88. The summed E-state index contributed by atoms with van der Waals surface area (Å²) in [7, 11) is 0. The Morgan fingerprint density at radius 3 is 2.41 bits per heavy atom. The molecule has 2 saturated heterocycles. The van der Waals surface area contributed by atoms with Crippen molar-refractivity contribution in [2.75, 3.05) is 28.2 Å². The fraction of sp³-hybridized carbons (Fsp3) is 0.348. The fourth-order valence-corrected chi connectivity index (χ4v) is 4.04. The molecule has 2 fully saturated rings. The van der Waals surface area contributed by atoms with Gasteiger partial charge in [-0.25, -0.2) is 0 Å². The summed E-state index contributed by atoms with van der Waals surface area (Å²) in [5, 5.41) is 2.93. The van der Waals surface area contributed by atoms with E-state index in [0.29, 0.717) is 18.7 Å². The highest BCUT2D eigenvalue weighted by Crippen LogP contribution is 2.29. The molecule has 2 heterocycles. The molecule has 2 aromatic rings. The summed E-state index contributed by atoms with van der Waals surface area (Å²) in [4.78, 5) is 40.6. The van der Waals surface area contributed by atoms with Crippen molar-refractivity contribution in [3.8, 4) is 0 Å². The van der Waals surface area contributed by atoms with Crippen LogP contribution in [0.2, 0.25) is 0 Å². The van der Waals surface area contributed by atoms with E-state index in [0.717, 1.165) is 35.5 Å². The van der Waals surface area contributed by atoms with Crippen LogP contribution in [0.1, 0.15) is 30.4 Å². The highest BCUT2D eigenvalue weighted by Gasteiger charge is 2.35. The van der Waals surface area contributed by atoms with E-state index in [1.807, 2.05) is 56.3 Å². The van der Waals surface area contributed by atoms with Crippen molar-refractivity contribution in [3.63, 3.8) is 0 Å². The molecule has 0 radical (unpaired) electrons. The minimum absolute atomic E-state index is 0.0342. The fourth-order valence-electron chi connectivity index (χ4n) is 4.04. The number of amides is 3. The molecular weight excluding hydrogens is 366 g/mol. The highest BCUT2D eigenvalue weighted by atomic mass is 16.2. The van der Waals surface area contributed by atoms with Crippen LogP contribution in [-0.4, -0.2) is 30.8 Å². The molecular formula is C23H25N3O3. The van der Waals surface area contributed by atoms with E-state index in [1.54, 1.807) is 9.80 Å². The van der Waals surface area contributed by atoms with E-state index >= 15 is 0 Å². The van der Waals surface area contributed by atoms with Crippen molar-refractivity contribution < 1.29 is 14.4 Å². The Morgan fingerprint density at radius 1 is 1.00 bits per heavy atom. The topological polar surface area (TPSA) is 69.7 Å². The first kappa shape index (κ1) is 19.2. The van der Waals surface area contributed by atoms with Gasteiger partial charge in [0.15, 0.2) is 0 Å². The van der Waals surface area contributed by atoms with Crippen LogP contribution < -0.4 is 15.1 Å². The minimum atomic E-state index is -0.385. The molecule has 0 saturated carbocycles. The van der Waals surface area contributed by atoms with Crippen molar-refractivity contribution in [2.24, 2.45) is 5.92 Å². The van der Waals surface area contributed by atoms with Crippen LogP contribution >= 0.6 is 0 Å². The monoisotopic (exact) mass is 391 g/mol. The van der Waals surface area contributed by atoms with Gasteiger partial charge in [-0.15, -0.1) is 0 Å². The Morgan fingerprint density at radius 2 is 1.76 bits per heavy atom. The molecule has 2 aromatic carbocycles. The van der Waals surface area contributed by atoms with Gasteiger partial charge in [-0.05, 0) is 56.2 Å². The Hall–Kier alpha value is -3.15. The molecule has 6 nitrogen and oxygen atoms in total. The van der Waals surface area contributed by atoms with E-state index in [1.165, 1.54) is 0 Å². The van der Waals surface area contributed by atoms with Crippen LogP contribution in [0.25, 0.3) is 0 Å². The first-order chi connectivity index (χ1) is 13.9. The number of hydrogen-bond donors (Lipinski definition) is 1. The molecule has 1 N–H and O–H groups in total. The Balaban J connectivity index is 1.43. The van der Waals surface area contributed by atoms with Gasteiger partial charge in [0.25, 0.3) is 0 Å². The first-order valence-corrected chi connectivity index (χ1v) is 10.0. The number of rotatable bonds is 4. The molecule has 6 heteroatoms. The van der Waals surface area contributed by atoms with Crippen molar-refractivity contribution in [3.05, 3.63) is 53.6 Å². The molecule has 0 bridgehead atoms. The summed E-state index contributed by atoms with van der Waals surface area (Å²) in [6.45, 7) is 5.06. The molecule has 150 valence electrons. The zero-order valence-corrected chi connectivity index (χ0v) is 16.8. The molecule has 0 aromatic heterocycles. The number of anilines is 3. The first-order valence-electron chi connectivity index (χ1n) is 10.0. The molecule has 0 aliphatic carbocycles. The van der Waals surface area contributed by atoms with Crippen LogP contribution in [0.5, 0.6) is 0 Å². The Kier molecular flexibility index (Phi) is 5.09. The second kappa shape index (κ2) is 7.70. The molecule has 4 rings (SSSR count). The van der Waals surface area contributed by atoms with E-state index in [-0.39, 0.29) is 30.1 Å². The van der Waals surface area contributed by atoms with Crippen molar-refractivity contribution in [1.82, 2.24) is 0 Å². The van der Waals surface area contributed by atoms with E-state index in [2.05, 4.69) is 5.32 Å². The van der Waals surface area contributed by atoms with E-state index < -0.39 is 0 Å². The van der Waals surface area contributed by atoms with Gasteiger partial charge in [0.1, 0.15) is 0 Å². The molecule has 2 aliphatic heterocycles. The summed E-state index contributed by atoms with van der Waals surface area (Å²) >= 11 is 0. The third kappa shape index (κ3) is 3.88. The van der Waals surface area contributed by atoms with Crippen LogP contribution in [0, 0.1) is 19.8 Å². The van der Waals surface area contributed by atoms with Crippen LogP contribution in [0.4, 0.5) is 17.1 Å². The lowest BCUT2D eigenvalue weighted by Gasteiger charge is -2.19. The molecule has 0 spiro atoms. The Labute approximate surface area is 170 Å². The largest absolute Gasteiger partial charge is 0.326 e. The van der Waals surface area contributed by atoms with Gasteiger partial charge in [-0.1, -0.05) is 17.7 Å². The van der Waals surface area contributed by atoms with Gasteiger partial charge in [0, 0.05) is 43.0 Å². The average Bonchev–Trinajstić information content (AvgIpc) is 3.28. The van der Waals surface area contributed by atoms with Crippen molar-refractivity contribution in [2.45, 2.75) is 33.1 Å². The number of nitrogens with one attached hydrogen (secondary N) is 1. The summed E-state index contributed by atoms with van der Waals surface area (Å²) in [5.41, 5.74) is 4.48. The summed E-state index contributed by atoms with van der Waals surface area (Å²) in [5.74, 6) is -0.431. The predicted octanol–water partition coefficient (Wildman–Crippen LogP) is 3.42. The van der Waals surface area contributed by atoms with E-state index in [4.69, 9.17) is 0 Å². The standard InChI is InChI=1S/C23H25N3O3/c1-15-5-8-19(9-6-15)26-14-17(13-22(26)28)23(29)24-18-7-10-20(16(2)12-18)25-11-3-4-21(25)27/h5-10,12,17H,3-4,11,13-14H2,1-2H3,(H,24,29)/t17-/m1/s1. The maximum absolute atomic E-state index is 12.7. The summed E-state index contributed by atoms with van der Waals surface area (Å²) < 4.78 is 0. The average molecular weight is 391 g/mol. The maximum atomic E-state index is 12.7. The number of aryl methyl sites for hydroxylation is 2. The van der Waals surface area contributed by atoms with Crippen LogP contribution in [0.3, 0.4) is 0 Å². The zero-order valence-electron chi connectivity index (χ0n) is 16.8. The van der Waals surface area contributed by atoms with Gasteiger partial charge < -0.3 is 15.1 Å². The second-order valence-corrected chi connectivity index (χ2v) is 7.88. The predicted molar refractivity (Wildman–Crippen MR) is 113 cm³/mol. The lowest BCUT2D eigenvalue weighted by molar-refractivity contribution is -0.122. The molecule has 2 aliphatic rings. The van der Waals surface area contributed by atoms with Crippen molar-refractivity contribution in [1.29, 1.82) is 0 Å². The number of benzene rings is 2. The third-order valence-electron chi connectivity index (χ3n) is 5.67. The normalized spacial score (nSPS) is 19.2. The third-order valence-corrected chi connectivity index (χ3v) is 5.67. The molecule has 1 atom stereocenters. The zero-order chi connectivity index (χ0) is 20.5. The number of nitrogens with zero attached hydrogens (tertiary/aromatic N) is 2. The smallest absolute Gasteiger partial charge is 0.229 e. The highest BCUT2D eigenvalue weighted by molar-refractivity contribution is 6.03. The summed E-state index contributed by atoms with van der Waals surface area (Å²) in [6.07, 6.45) is 1.67. The minimum Gasteiger partial charge on any atom is -0.326 e. The van der Waals surface area contributed by atoms with E-state index in [9.17, 15) is 14.4 Å². The number of hydrogen-bond acceptors (Lipinski definition) is 3. The van der Waals surface area contributed by atoms with Crippen molar-refractivity contribution >= 4 is 34.8 Å². The van der Waals surface area contributed by atoms with Gasteiger partial charge in [-0.3, -0.25) is 14.4 Å². The summed E-state index contributed by atoms with van der Waals surface area (Å²) in [6, 6.07) is 13.3. The van der Waals surface area contributed by atoms with Gasteiger partial charge in [-0.2, -0.15) is 0 Å². The lowest BCUT2D eigenvalue weighted by atomic mass is 10.1. The van der Waals surface area contributed by atoms with Gasteiger partial charge >= 0.3 is 0 Å².